The Kier molecular flexibility index (Phi) is 6.01. The van der Waals surface area contributed by atoms with Gasteiger partial charge in [0.2, 0.25) is 0 Å². The lowest BCUT2D eigenvalue weighted by atomic mass is 10.2. The lowest BCUT2D eigenvalue weighted by Gasteiger charge is -2.25. The molecule has 2 N–H and O–H groups in total. The summed E-state index contributed by atoms with van der Waals surface area (Å²) in [5, 5.41) is 10.6. The largest absolute Gasteiger partial charge is 0.508 e. The molecule has 2 amide bonds. The molecule has 1 aliphatic heterocycles. The predicted octanol–water partition coefficient (Wildman–Crippen LogP) is 4.90. The molecule has 0 spiro atoms. The number of benzene rings is 3. The number of hydrazine groups is 1. The number of phenolic OH excluding ortho intramolecular Hbond substituents is 1. The molecular weight excluding hydrogens is 443 g/mol. The molecule has 1 saturated heterocycles. The van der Waals surface area contributed by atoms with Crippen LogP contribution in [-0.4, -0.2) is 27.7 Å². The number of hydrogen-bond donors (Lipinski definition) is 2. The van der Waals surface area contributed by atoms with Gasteiger partial charge in [-0.1, -0.05) is 35.9 Å². The van der Waals surface area contributed by atoms with E-state index in [4.69, 9.17) is 16.3 Å². The van der Waals surface area contributed by atoms with Crippen LogP contribution in [0.4, 0.5) is 4.39 Å². The van der Waals surface area contributed by atoms with Crippen molar-refractivity contribution in [3.63, 3.8) is 0 Å². The number of para-hydroxylation sites is 1. The lowest BCUT2D eigenvalue weighted by molar-refractivity contribution is -0.130. The van der Waals surface area contributed by atoms with Crippen LogP contribution >= 0.6 is 23.4 Å². The van der Waals surface area contributed by atoms with Crippen molar-refractivity contribution >= 4 is 35.2 Å². The van der Waals surface area contributed by atoms with Gasteiger partial charge in [0.05, 0.1) is 11.3 Å². The maximum atomic E-state index is 14.0. The molecule has 1 atom stereocenters. The molecule has 158 valence electrons. The molecule has 4 rings (SSSR count). The van der Waals surface area contributed by atoms with Crippen LogP contribution in [-0.2, 0) is 4.79 Å². The van der Waals surface area contributed by atoms with Crippen molar-refractivity contribution in [1.82, 2.24) is 10.4 Å². The Balaban J connectivity index is 1.60. The number of aromatic hydroxyl groups is 1. The zero-order valence-electron chi connectivity index (χ0n) is 15.9. The number of rotatable bonds is 5. The number of ether oxygens (including phenoxy) is 1. The van der Waals surface area contributed by atoms with Gasteiger partial charge in [0.25, 0.3) is 11.8 Å². The quantitative estimate of drug-likeness (QED) is 0.568. The van der Waals surface area contributed by atoms with Crippen LogP contribution in [0.3, 0.4) is 0 Å². The summed E-state index contributed by atoms with van der Waals surface area (Å²) in [6.45, 7) is 0. The Labute approximate surface area is 186 Å². The molecule has 1 unspecified atom stereocenters. The van der Waals surface area contributed by atoms with Gasteiger partial charge in [-0.05, 0) is 42.0 Å². The van der Waals surface area contributed by atoms with E-state index in [-0.39, 0.29) is 34.5 Å². The topological polar surface area (TPSA) is 78.9 Å². The third-order valence-electron chi connectivity index (χ3n) is 4.51. The number of carbonyl (C=O) groups excluding carboxylic acids is 2. The first kappa shape index (κ1) is 21.0. The van der Waals surface area contributed by atoms with E-state index in [1.54, 1.807) is 18.2 Å². The molecule has 0 bridgehead atoms. The molecule has 0 aromatic heterocycles. The van der Waals surface area contributed by atoms with Crippen molar-refractivity contribution < 1.29 is 23.8 Å². The average Bonchev–Trinajstić information content (AvgIpc) is 3.10. The zero-order valence-corrected chi connectivity index (χ0v) is 17.5. The maximum absolute atomic E-state index is 14.0. The molecule has 0 radical (unpaired) electrons. The Morgan fingerprint density at radius 1 is 1.13 bits per heavy atom. The van der Waals surface area contributed by atoms with Gasteiger partial charge in [-0.25, -0.2) is 9.40 Å². The summed E-state index contributed by atoms with van der Waals surface area (Å²) >= 11 is 7.39. The summed E-state index contributed by atoms with van der Waals surface area (Å²) < 4.78 is 19.6. The van der Waals surface area contributed by atoms with Crippen molar-refractivity contribution in [2.24, 2.45) is 0 Å². The first-order chi connectivity index (χ1) is 14.9. The molecule has 0 aliphatic carbocycles. The van der Waals surface area contributed by atoms with Crippen molar-refractivity contribution in [3.05, 3.63) is 88.7 Å². The summed E-state index contributed by atoms with van der Waals surface area (Å²) in [4.78, 5) is 25.4. The smallest absolute Gasteiger partial charge is 0.273 e. The molecule has 6 nitrogen and oxygen atoms in total. The minimum atomic E-state index is -0.609. The number of halogens is 2. The highest BCUT2D eigenvalue weighted by atomic mass is 35.5. The van der Waals surface area contributed by atoms with E-state index in [1.165, 1.54) is 65.3 Å². The van der Waals surface area contributed by atoms with E-state index in [0.717, 1.165) is 5.56 Å². The van der Waals surface area contributed by atoms with Crippen LogP contribution in [0.5, 0.6) is 17.2 Å². The second kappa shape index (κ2) is 8.87. The fourth-order valence-electron chi connectivity index (χ4n) is 3.01. The second-order valence-corrected chi connectivity index (χ2v) is 8.14. The SMILES string of the molecule is O=C(NN1C(=O)CSC1c1ccc(O)cc1)c1ccc(Cl)cc1Oc1ccccc1F. The number of phenols is 1. The second-order valence-electron chi connectivity index (χ2n) is 6.63. The Bertz CT molecular complexity index is 1140. The number of carbonyl (C=O) groups is 2. The van der Waals surface area contributed by atoms with Gasteiger partial charge in [-0.3, -0.25) is 15.0 Å². The van der Waals surface area contributed by atoms with Gasteiger partial charge in [0.1, 0.15) is 16.9 Å². The minimum absolute atomic E-state index is 0.0515. The van der Waals surface area contributed by atoms with Gasteiger partial charge < -0.3 is 9.84 Å². The third kappa shape index (κ3) is 4.60. The summed E-state index contributed by atoms with van der Waals surface area (Å²) in [7, 11) is 0. The number of hydrogen-bond acceptors (Lipinski definition) is 5. The van der Waals surface area contributed by atoms with Crippen molar-refractivity contribution in [2.75, 3.05) is 5.75 Å². The number of nitrogens with one attached hydrogen (secondary N) is 1. The highest BCUT2D eigenvalue weighted by molar-refractivity contribution is 8.00. The van der Waals surface area contributed by atoms with Crippen molar-refractivity contribution in [2.45, 2.75) is 5.37 Å². The standard InChI is InChI=1S/C22H16ClFN2O4S/c23-14-7-10-16(19(11-14)30-18-4-2-1-3-17(18)24)21(29)25-26-20(28)12-31-22(26)13-5-8-15(27)9-6-13/h1-11,22,27H,12H2,(H,25,29). The molecule has 0 saturated carbocycles. The molecule has 3 aromatic rings. The molecule has 31 heavy (non-hydrogen) atoms. The van der Waals surface area contributed by atoms with Crippen LogP contribution in [0.2, 0.25) is 5.02 Å². The molecule has 3 aromatic carbocycles. The summed E-state index contributed by atoms with van der Waals surface area (Å²) in [5.74, 6) is -1.20. The van der Waals surface area contributed by atoms with Gasteiger partial charge in [0, 0.05) is 11.1 Å². The molecular formula is C22H16ClFN2O4S. The first-order valence-electron chi connectivity index (χ1n) is 9.18. The average molecular weight is 459 g/mol. The predicted molar refractivity (Wildman–Crippen MR) is 116 cm³/mol. The third-order valence-corrected chi connectivity index (χ3v) is 5.96. The van der Waals surface area contributed by atoms with Crippen molar-refractivity contribution in [3.8, 4) is 17.2 Å². The van der Waals surface area contributed by atoms with E-state index in [2.05, 4.69) is 5.43 Å². The maximum Gasteiger partial charge on any atom is 0.273 e. The highest BCUT2D eigenvalue weighted by Crippen LogP contribution is 2.38. The molecule has 1 fully saturated rings. The fraction of sp³-hybridized carbons (Fsp3) is 0.0909. The Morgan fingerprint density at radius 2 is 1.87 bits per heavy atom. The number of thioether (sulfide) groups is 1. The van der Waals surface area contributed by atoms with Crippen LogP contribution < -0.4 is 10.2 Å². The highest BCUT2D eigenvalue weighted by Gasteiger charge is 2.35. The monoisotopic (exact) mass is 458 g/mol. The number of amides is 2. The molecule has 9 heteroatoms. The fourth-order valence-corrected chi connectivity index (χ4v) is 4.28. The van der Waals surface area contributed by atoms with Gasteiger partial charge in [0.15, 0.2) is 11.6 Å². The van der Waals surface area contributed by atoms with E-state index in [0.29, 0.717) is 5.02 Å². The van der Waals surface area contributed by atoms with E-state index < -0.39 is 17.1 Å². The lowest BCUT2D eigenvalue weighted by Crippen LogP contribution is -2.44. The normalized spacial score (nSPS) is 15.7. The molecule has 1 aliphatic rings. The van der Waals surface area contributed by atoms with Crippen molar-refractivity contribution in [1.29, 1.82) is 0 Å². The Hall–Kier alpha value is -3.23. The van der Waals surface area contributed by atoms with Crippen LogP contribution in [0.15, 0.2) is 66.7 Å². The minimum Gasteiger partial charge on any atom is -0.508 e. The van der Waals surface area contributed by atoms with E-state index >= 15 is 0 Å². The van der Waals surface area contributed by atoms with Gasteiger partial charge in [-0.15, -0.1) is 11.8 Å². The first-order valence-corrected chi connectivity index (χ1v) is 10.6. The summed E-state index contributed by atoms with van der Waals surface area (Å²) in [6.07, 6.45) is 0. The van der Waals surface area contributed by atoms with E-state index in [9.17, 15) is 19.1 Å². The summed E-state index contributed by atoms with van der Waals surface area (Å²) in [6, 6.07) is 16.5. The zero-order chi connectivity index (χ0) is 22.0. The van der Waals surface area contributed by atoms with Crippen LogP contribution in [0, 0.1) is 5.82 Å². The number of nitrogens with zero attached hydrogens (tertiary/aromatic N) is 1. The van der Waals surface area contributed by atoms with Crippen LogP contribution in [0.1, 0.15) is 21.3 Å². The molecule has 1 heterocycles. The van der Waals surface area contributed by atoms with Gasteiger partial charge in [-0.2, -0.15) is 0 Å². The van der Waals surface area contributed by atoms with Crippen LogP contribution in [0.25, 0.3) is 0 Å². The van der Waals surface area contributed by atoms with E-state index in [1.807, 2.05) is 0 Å². The summed E-state index contributed by atoms with van der Waals surface area (Å²) in [5.41, 5.74) is 3.44. The van der Waals surface area contributed by atoms with Gasteiger partial charge >= 0.3 is 0 Å². The Morgan fingerprint density at radius 3 is 2.61 bits per heavy atom.